The Hall–Kier alpha value is -2.09. The largest absolute Gasteiger partial charge is 0.382 e. The summed E-state index contributed by atoms with van der Waals surface area (Å²) in [5, 5.41) is 6.79. The second-order valence-corrected chi connectivity index (χ2v) is 8.31. The molecule has 1 aromatic heterocycles. The zero-order valence-corrected chi connectivity index (χ0v) is 17.8. The van der Waals surface area contributed by atoms with Gasteiger partial charge in [0.2, 0.25) is 11.8 Å². The highest BCUT2D eigenvalue weighted by atomic mass is 16.5. The number of hydrogen-bond donors (Lipinski definition) is 1. The number of ether oxygens (including phenoxy) is 1. The first-order valence-electron chi connectivity index (χ1n) is 10.1. The highest BCUT2D eigenvalue weighted by Gasteiger charge is 2.26. The molecule has 1 unspecified atom stereocenters. The topological polar surface area (TPSA) is 87.9 Å². The molecule has 0 spiro atoms. The van der Waals surface area contributed by atoms with Gasteiger partial charge in [0.05, 0.1) is 5.69 Å². The van der Waals surface area contributed by atoms with Crippen molar-refractivity contribution in [1.29, 1.82) is 0 Å². The molecule has 1 atom stereocenters. The molecule has 28 heavy (non-hydrogen) atoms. The number of aromatic nitrogens is 1. The van der Waals surface area contributed by atoms with Crippen LogP contribution in [0.4, 0.5) is 10.7 Å². The Kier molecular flexibility index (Phi) is 7.86. The van der Waals surface area contributed by atoms with Crippen LogP contribution in [0.1, 0.15) is 53.2 Å². The van der Waals surface area contributed by atoms with E-state index in [4.69, 9.17) is 9.26 Å². The van der Waals surface area contributed by atoms with Gasteiger partial charge in [-0.05, 0) is 19.8 Å². The first-order chi connectivity index (χ1) is 13.2. The monoisotopic (exact) mass is 394 g/mol. The fraction of sp³-hybridized carbons (Fsp3) is 0.750. The molecule has 0 aromatic carbocycles. The number of nitrogens with one attached hydrogen (secondary N) is 1. The van der Waals surface area contributed by atoms with E-state index in [0.717, 1.165) is 18.5 Å². The molecule has 0 radical (unpaired) electrons. The summed E-state index contributed by atoms with van der Waals surface area (Å²) < 4.78 is 10.6. The van der Waals surface area contributed by atoms with Gasteiger partial charge in [0.15, 0.2) is 0 Å². The molecule has 1 saturated heterocycles. The molecule has 2 heterocycles. The van der Waals surface area contributed by atoms with Crippen molar-refractivity contribution in [1.82, 2.24) is 15.0 Å². The zero-order chi connectivity index (χ0) is 20.7. The van der Waals surface area contributed by atoms with Crippen molar-refractivity contribution in [2.45, 2.75) is 52.9 Å². The lowest BCUT2D eigenvalue weighted by molar-refractivity contribution is -0.135. The van der Waals surface area contributed by atoms with E-state index in [-0.39, 0.29) is 23.3 Å². The average molecular weight is 395 g/mol. The van der Waals surface area contributed by atoms with Crippen LogP contribution in [0.25, 0.3) is 0 Å². The fourth-order valence-corrected chi connectivity index (χ4v) is 3.05. The van der Waals surface area contributed by atoms with Crippen molar-refractivity contribution in [3.05, 3.63) is 11.8 Å². The van der Waals surface area contributed by atoms with E-state index in [1.807, 2.05) is 39.5 Å². The second-order valence-electron chi connectivity index (χ2n) is 8.31. The van der Waals surface area contributed by atoms with Crippen LogP contribution in [0, 0.1) is 5.92 Å². The van der Waals surface area contributed by atoms with Gasteiger partial charge < -0.3 is 19.1 Å². The van der Waals surface area contributed by atoms with Crippen LogP contribution in [0.5, 0.6) is 0 Å². The van der Waals surface area contributed by atoms with Crippen molar-refractivity contribution in [3.8, 4) is 0 Å². The van der Waals surface area contributed by atoms with Crippen molar-refractivity contribution in [2.75, 3.05) is 44.7 Å². The van der Waals surface area contributed by atoms with Crippen LogP contribution < -0.4 is 5.32 Å². The van der Waals surface area contributed by atoms with Gasteiger partial charge in [0.1, 0.15) is 0 Å². The maximum Gasteiger partial charge on any atom is 0.324 e. The standard InChI is InChI=1S/C20H34N4O4/c1-6-27-13-8-15(2)18(25)23-9-7-10-24(12-11-23)19(26)21-17-14-16(22-28-17)20(3,4)5/h14-15H,6-13H2,1-5H3,(H,21,26). The van der Waals surface area contributed by atoms with Gasteiger partial charge in [-0.25, -0.2) is 4.79 Å². The molecule has 1 fully saturated rings. The number of anilines is 1. The molecule has 0 saturated carbocycles. The van der Waals surface area contributed by atoms with Crippen molar-refractivity contribution in [2.24, 2.45) is 5.92 Å². The number of carbonyl (C=O) groups is 2. The summed E-state index contributed by atoms with van der Waals surface area (Å²) in [5.74, 6) is 0.403. The summed E-state index contributed by atoms with van der Waals surface area (Å²) in [6.45, 7) is 13.5. The molecule has 8 nitrogen and oxygen atoms in total. The lowest BCUT2D eigenvalue weighted by Gasteiger charge is -2.24. The lowest BCUT2D eigenvalue weighted by Crippen LogP contribution is -2.40. The van der Waals surface area contributed by atoms with Crippen LogP contribution in [0.15, 0.2) is 10.6 Å². The maximum atomic E-state index is 12.6. The summed E-state index contributed by atoms with van der Waals surface area (Å²) in [5.41, 5.74) is 0.644. The van der Waals surface area contributed by atoms with Crippen LogP contribution >= 0.6 is 0 Å². The quantitative estimate of drug-likeness (QED) is 0.749. The van der Waals surface area contributed by atoms with Crippen molar-refractivity contribution >= 4 is 17.8 Å². The molecule has 1 aliphatic heterocycles. The van der Waals surface area contributed by atoms with E-state index in [0.29, 0.717) is 45.3 Å². The van der Waals surface area contributed by atoms with E-state index in [1.54, 1.807) is 11.0 Å². The van der Waals surface area contributed by atoms with E-state index in [1.165, 1.54) is 0 Å². The Morgan fingerprint density at radius 2 is 1.93 bits per heavy atom. The Morgan fingerprint density at radius 3 is 2.57 bits per heavy atom. The Morgan fingerprint density at radius 1 is 1.25 bits per heavy atom. The van der Waals surface area contributed by atoms with Crippen molar-refractivity contribution < 1.29 is 18.8 Å². The molecule has 1 aliphatic rings. The normalized spacial score (nSPS) is 16.6. The molecular formula is C20H34N4O4. The van der Waals surface area contributed by atoms with Gasteiger partial charge in [-0.1, -0.05) is 32.9 Å². The number of urea groups is 1. The Balaban J connectivity index is 1.86. The van der Waals surface area contributed by atoms with Crippen LogP contribution in [0.3, 0.4) is 0 Å². The maximum absolute atomic E-state index is 12.6. The first-order valence-corrected chi connectivity index (χ1v) is 10.1. The molecule has 3 amide bonds. The SMILES string of the molecule is CCOCCC(C)C(=O)N1CCCN(C(=O)Nc2cc(C(C)(C)C)no2)CC1. The summed E-state index contributed by atoms with van der Waals surface area (Å²) in [6, 6.07) is 1.53. The third-order valence-corrected chi connectivity index (χ3v) is 4.92. The molecule has 2 rings (SSSR count). The third kappa shape index (κ3) is 6.22. The number of hydrogen-bond acceptors (Lipinski definition) is 5. The summed E-state index contributed by atoms with van der Waals surface area (Å²) >= 11 is 0. The molecule has 158 valence electrons. The number of carbonyl (C=O) groups excluding carboxylic acids is 2. The van der Waals surface area contributed by atoms with Crippen molar-refractivity contribution in [3.63, 3.8) is 0 Å². The first kappa shape index (κ1) is 22.2. The summed E-state index contributed by atoms with van der Waals surface area (Å²) in [7, 11) is 0. The van der Waals surface area contributed by atoms with Gasteiger partial charge in [-0.2, -0.15) is 0 Å². The lowest BCUT2D eigenvalue weighted by atomic mass is 9.92. The molecule has 0 bridgehead atoms. The molecular weight excluding hydrogens is 360 g/mol. The van der Waals surface area contributed by atoms with Crippen LogP contribution in [-0.2, 0) is 14.9 Å². The van der Waals surface area contributed by atoms with E-state index < -0.39 is 0 Å². The predicted molar refractivity (Wildman–Crippen MR) is 107 cm³/mol. The predicted octanol–water partition coefficient (Wildman–Crippen LogP) is 3.10. The van der Waals surface area contributed by atoms with Gasteiger partial charge in [-0.15, -0.1) is 0 Å². The molecule has 0 aliphatic carbocycles. The smallest absolute Gasteiger partial charge is 0.324 e. The third-order valence-electron chi connectivity index (χ3n) is 4.92. The minimum absolute atomic E-state index is 0.0723. The average Bonchev–Trinajstić information content (AvgIpc) is 2.97. The second kappa shape index (κ2) is 9.91. The van der Waals surface area contributed by atoms with E-state index in [9.17, 15) is 9.59 Å². The number of amides is 3. The van der Waals surface area contributed by atoms with Gasteiger partial charge in [-0.3, -0.25) is 10.1 Å². The van der Waals surface area contributed by atoms with E-state index >= 15 is 0 Å². The molecule has 1 aromatic rings. The summed E-state index contributed by atoms with van der Waals surface area (Å²) in [6.07, 6.45) is 1.47. The van der Waals surface area contributed by atoms with Crippen LogP contribution in [-0.4, -0.2) is 66.3 Å². The Bertz CT molecular complexity index is 653. The highest BCUT2D eigenvalue weighted by molar-refractivity contribution is 5.88. The fourth-order valence-electron chi connectivity index (χ4n) is 3.05. The van der Waals surface area contributed by atoms with E-state index in [2.05, 4.69) is 10.5 Å². The number of rotatable bonds is 6. The minimum Gasteiger partial charge on any atom is -0.382 e. The molecule has 8 heteroatoms. The Labute approximate surface area is 167 Å². The minimum atomic E-state index is -0.227. The van der Waals surface area contributed by atoms with Crippen LogP contribution in [0.2, 0.25) is 0 Å². The van der Waals surface area contributed by atoms with Gasteiger partial charge >= 0.3 is 6.03 Å². The van der Waals surface area contributed by atoms with Gasteiger partial charge in [0, 0.05) is 56.8 Å². The highest BCUT2D eigenvalue weighted by Crippen LogP contribution is 2.23. The zero-order valence-electron chi connectivity index (χ0n) is 17.8. The molecule has 1 N–H and O–H groups in total. The summed E-state index contributed by atoms with van der Waals surface area (Å²) in [4.78, 5) is 28.8. The number of nitrogens with zero attached hydrogens (tertiary/aromatic N) is 3. The van der Waals surface area contributed by atoms with Gasteiger partial charge in [0.25, 0.3) is 0 Å².